The molecule has 0 saturated carbocycles. The second-order valence-corrected chi connectivity index (χ2v) is 7.56. The number of aromatic nitrogens is 1. The predicted molar refractivity (Wildman–Crippen MR) is 108 cm³/mol. The Morgan fingerprint density at radius 2 is 1.93 bits per heavy atom. The Morgan fingerprint density at radius 3 is 2.66 bits per heavy atom. The Kier molecular flexibility index (Phi) is 4.74. The topological polar surface area (TPSA) is 119 Å². The molecule has 1 aromatic heterocycles. The minimum absolute atomic E-state index is 0.00651. The number of hydrogen-bond donors (Lipinski definition) is 4. The number of carbonyl (C=O) groups is 3. The van der Waals surface area contributed by atoms with Crippen molar-refractivity contribution in [3.63, 3.8) is 0 Å². The minimum Gasteiger partial charge on any atom is -0.481 e. The van der Waals surface area contributed by atoms with E-state index in [4.69, 9.17) is 5.11 Å². The van der Waals surface area contributed by atoms with Gasteiger partial charge in [-0.25, -0.2) is 4.79 Å². The number of fused-ring (bicyclic) bond motifs is 2. The number of carbonyl (C=O) groups excluding carboxylic acids is 1. The highest BCUT2D eigenvalue weighted by atomic mass is 16.4. The van der Waals surface area contributed by atoms with Crippen LogP contribution in [0.25, 0.3) is 11.6 Å². The number of rotatable bonds is 5. The molecule has 4 rings (SSSR count). The van der Waals surface area contributed by atoms with Gasteiger partial charge in [0.2, 0.25) is 0 Å². The summed E-state index contributed by atoms with van der Waals surface area (Å²) in [6, 6.07) is 3.60. The number of hydrogen-bond acceptors (Lipinski definition) is 3. The average molecular weight is 394 g/mol. The van der Waals surface area contributed by atoms with Crippen molar-refractivity contribution in [3.8, 4) is 0 Å². The van der Waals surface area contributed by atoms with Crippen LogP contribution in [0.2, 0.25) is 0 Å². The lowest BCUT2D eigenvalue weighted by Gasteiger charge is -2.10. The van der Waals surface area contributed by atoms with E-state index in [1.54, 1.807) is 12.1 Å². The number of H-pyrrole nitrogens is 1. The molecule has 0 radical (unpaired) electrons. The number of aliphatic carboxylic acids is 1. The number of aromatic amines is 1. The van der Waals surface area contributed by atoms with Gasteiger partial charge in [0.15, 0.2) is 0 Å². The van der Waals surface area contributed by atoms with Crippen molar-refractivity contribution >= 4 is 35.2 Å². The average Bonchev–Trinajstić information content (AvgIpc) is 3.19. The van der Waals surface area contributed by atoms with Gasteiger partial charge in [0.1, 0.15) is 0 Å². The first-order chi connectivity index (χ1) is 13.9. The Balaban J connectivity index is 1.82. The van der Waals surface area contributed by atoms with Crippen LogP contribution in [0.15, 0.2) is 12.1 Å². The third-order valence-corrected chi connectivity index (χ3v) is 5.77. The van der Waals surface area contributed by atoms with Crippen molar-refractivity contribution in [3.05, 3.63) is 51.3 Å². The highest BCUT2D eigenvalue weighted by Crippen LogP contribution is 2.38. The first kappa shape index (κ1) is 19.0. The van der Waals surface area contributed by atoms with E-state index in [9.17, 15) is 19.5 Å². The van der Waals surface area contributed by atoms with E-state index in [-0.39, 0.29) is 17.9 Å². The molecule has 0 spiro atoms. The summed E-state index contributed by atoms with van der Waals surface area (Å²) < 4.78 is 0. The van der Waals surface area contributed by atoms with Crippen LogP contribution in [-0.2, 0) is 28.9 Å². The molecule has 7 heteroatoms. The number of carboxylic acid groups (broad SMARTS) is 2. The molecule has 2 heterocycles. The number of benzene rings is 1. The first-order valence-electron chi connectivity index (χ1n) is 9.71. The van der Waals surface area contributed by atoms with Crippen LogP contribution in [0, 0.1) is 6.92 Å². The molecule has 29 heavy (non-hydrogen) atoms. The van der Waals surface area contributed by atoms with Gasteiger partial charge in [-0.05, 0) is 67.9 Å². The SMILES string of the molecule is Cc1c(CCC(=O)O)ccc2c1C(=Cc1[nH]c3c(c1C(=O)O)CCCC3)C(=O)N2. The molecule has 0 fully saturated rings. The van der Waals surface area contributed by atoms with E-state index in [2.05, 4.69) is 10.3 Å². The van der Waals surface area contributed by atoms with E-state index >= 15 is 0 Å². The first-order valence-corrected chi connectivity index (χ1v) is 9.71. The van der Waals surface area contributed by atoms with Crippen LogP contribution in [0.1, 0.15) is 63.3 Å². The molecule has 0 atom stereocenters. The molecule has 2 aromatic rings. The lowest BCUT2D eigenvalue weighted by Crippen LogP contribution is -2.07. The van der Waals surface area contributed by atoms with Gasteiger partial charge in [-0.15, -0.1) is 0 Å². The monoisotopic (exact) mass is 394 g/mol. The molecule has 1 amide bonds. The summed E-state index contributed by atoms with van der Waals surface area (Å²) in [4.78, 5) is 38.7. The fraction of sp³-hybridized carbons (Fsp3) is 0.318. The van der Waals surface area contributed by atoms with Crippen molar-refractivity contribution in [2.24, 2.45) is 0 Å². The smallest absolute Gasteiger partial charge is 0.338 e. The molecule has 1 aliphatic carbocycles. The highest BCUT2D eigenvalue weighted by molar-refractivity contribution is 6.35. The summed E-state index contributed by atoms with van der Waals surface area (Å²) in [6.45, 7) is 1.86. The number of aryl methyl sites for hydroxylation is 2. The van der Waals surface area contributed by atoms with Crippen molar-refractivity contribution in [2.45, 2.75) is 45.4 Å². The summed E-state index contributed by atoms with van der Waals surface area (Å²) in [7, 11) is 0. The zero-order valence-corrected chi connectivity index (χ0v) is 16.1. The third kappa shape index (κ3) is 3.33. The Hall–Kier alpha value is -3.35. The van der Waals surface area contributed by atoms with Crippen molar-refractivity contribution in [1.82, 2.24) is 4.98 Å². The van der Waals surface area contributed by atoms with Crippen LogP contribution in [0.4, 0.5) is 5.69 Å². The maximum Gasteiger partial charge on any atom is 0.338 e. The molecule has 4 N–H and O–H groups in total. The fourth-order valence-electron chi connectivity index (χ4n) is 4.36. The molecule has 2 aliphatic rings. The second-order valence-electron chi connectivity index (χ2n) is 7.56. The number of anilines is 1. The molecular weight excluding hydrogens is 372 g/mol. The number of amides is 1. The normalized spacial score (nSPS) is 16.4. The van der Waals surface area contributed by atoms with Crippen LogP contribution in [0.3, 0.4) is 0 Å². The Morgan fingerprint density at radius 1 is 1.17 bits per heavy atom. The summed E-state index contributed by atoms with van der Waals surface area (Å²) in [5, 5.41) is 21.6. The van der Waals surface area contributed by atoms with Gasteiger partial charge >= 0.3 is 11.9 Å². The zero-order chi connectivity index (χ0) is 20.7. The van der Waals surface area contributed by atoms with Gasteiger partial charge in [0, 0.05) is 23.4 Å². The van der Waals surface area contributed by atoms with E-state index < -0.39 is 11.9 Å². The molecule has 150 valence electrons. The molecule has 1 aromatic carbocycles. The summed E-state index contributed by atoms with van der Waals surface area (Å²) >= 11 is 0. The van der Waals surface area contributed by atoms with Gasteiger partial charge in [-0.2, -0.15) is 0 Å². The Bertz CT molecular complexity index is 1080. The van der Waals surface area contributed by atoms with Gasteiger partial charge in [0.05, 0.1) is 16.8 Å². The number of nitrogens with one attached hydrogen (secondary N) is 2. The molecular formula is C22H22N2O5. The highest BCUT2D eigenvalue weighted by Gasteiger charge is 2.29. The van der Waals surface area contributed by atoms with E-state index in [0.717, 1.165) is 48.1 Å². The maximum absolute atomic E-state index is 12.7. The van der Waals surface area contributed by atoms with Crippen LogP contribution >= 0.6 is 0 Å². The quantitative estimate of drug-likeness (QED) is 0.580. The van der Waals surface area contributed by atoms with Crippen LogP contribution < -0.4 is 5.32 Å². The van der Waals surface area contributed by atoms with Crippen molar-refractivity contribution in [1.29, 1.82) is 0 Å². The molecule has 1 aliphatic heterocycles. The molecule has 7 nitrogen and oxygen atoms in total. The van der Waals surface area contributed by atoms with E-state index in [1.165, 1.54) is 0 Å². The zero-order valence-electron chi connectivity index (χ0n) is 16.1. The van der Waals surface area contributed by atoms with Crippen molar-refractivity contribution in [2.75, 3.05) is 5.32 Å². The summed E-state index contributed by atoms with van der Waals surface area (Å²) in [5.41, 5.74) is 5.92. The summed E-state index contributed by atoms with van der Waals surface area (Å²) in [6.07, 6.45) is 5.49. The van der Waals surface area contributed by atoms with E-state index in [1.807, 2.05) is 13.0 Å². The fourth-order valence-corrected chi connectivity index (χ4v) is 4.36. The largest absolute Gasteiger partial charge is 0.481 e. The van der Waals surface area contributed by atoms with Crippen molar-refractivity contribution < 1.29 is 24.6 Å². The predicted octanol–water partition coefficient (Wildman–Crippen LogP) is 3.41. The second kappa shape index (κ2) is 7.24. The number of carboxylic acids is 2. The molecule has 0 saturated heterocycles. The Labute approximate surface area is 167 Å². The van der Waals surface area contributed by atoms with Crippen LogP contribution in [-0.4, -0.2) is 33.0 Å². The lowest BCUT2D eigenvalue weighted by atomic mass is 9.92. The lowest BCUT2D eigenvalue weighted by molar-refractivity contribution is -0.137. The standard InChI is InChI=1S/C22H22N2O5/c1-11-12(7-9-18(25)26)6-8-16-19(11)14(21(27)24-16)10-17-20(22(28)29)13-4-2-3-5-15(13)23-17/h6,8,10,23H,2-5,7,9H2,1H3,(H,24,27)(H,25,26)(H,28,29). The molecule has 0 bridgehead atoms. The minimum atomic E-state index is -0.998. The third-order valence-electron chi connectivity index (χ3n) is 5.77. The van der Waals surface area contributed by atoms with Gasteiger partial charge in [-0.1, -0.05) is 6.07 Å². The van der Waals surface area contributed by atoms with Crippen LogP contribution in [0.5, 0.6) is 0 Å². The summed E-state index contributed by atoms with van der Waals surface area (Å²) in [5.74, 6) is -2.16. The molecule has 0 unspecified atom stereocenters. The maximum atomic E-state index is 12.7. The number of aromatic carboxylic acids is 1. The van der Waals surface area contributed by atoms with Gasteiger partial charge in [-0.3, -0.25) is 9.59 Å². The van der Waals surface area contributed by atoms with Gasteiger partial charge in [0.25, 0.3) is 5.91 Å². The van der Waals surface area contributed by atoms with Gasteiger partial charge < -0.3 is 20.5 Å². The van der Waals surface area contributed by atoms with E-state index in [0.29, 0.717) is 28.9 Å².